The molecule has 3 aliphatic heterocycles. The van der Waals surface area contributed by atoms with E-state index < -0.39 is 29.7 Å². The normalized spacial score (nSPS) is 16.9. The Labute approximate surface area is 351 Å². The van der Waals surface area contributed by atoms with Crippen LogP contribution in [-0.4, -0.2) is 122 Å². The zero-order valence-electron chi connectivity index (χ0n) is 33.2. The molecular formula is C43H47N9O7S. The van der Waals surface area contributed by atoms with Crippen molar-refractivity contribution in [2.24, 2.45) is 10.7 Å². The minimum absolute atomic E-state index is 0.0437. The van der Waals surface area contributed by atoms with E-state index in [1.54, 1.807) is 30.0 Å². The van der Waals surface area contributed by atoms with Crippen molar-refractivity contribution in [2.45, 2.75) is 30.2 Å². The number of nitrogens with one attached hydrogen (secondary N) is 3. The van der Waals surface area contributed by atoms with Gasteiger partial charge in [-0.3, -0.25) is 34.2 Å². The minimum atomic E-state index is -1.03. The van der Waals surface area contributed by atoms with Crippen LogP contribution in [0, 0.1) is 0 Å². The minimum Gasteiger partial charge on any atom is -0.382 e. The van der Waals surface area contributed by atoms with Crippen LogP contribution in [0.1, 0.15) is 40.0 Å². The van der Waals surface area contributed by atoms with Gasteiger partial charge in [-0.15, -0.1) is 11.8 Å². The molecule has 4 aromatic rings. The average molecular weight is 834 g/mol. The van der Waals surface area contributed by atoms with Crippen LogP contribution in [-0.2, 0) is 23.9 Å². The molecule has 2 fully saturated rings. The summed E-state index contributed by atoms with van der Waals surface area (Å²) in [6, 6.07) is 25.7. The molecule has 16 nitrogen and oxygen atoms in total. The van der Waals surface area contributed by atoms with E-state index in [2.05, 4.69) is 43.0 Å². The largest absolute Gasteiger partial charge is 0.382 e. The van der Waals surface area contributed by atoms with Crippen molar-refractivity contribution in [1.82, 2.24) is 20.1 Å². The second-order valence-electron chi connectivity index (χ2n) is 14.2. The lowest BCUT2D eigenvalue weighted by atomic mass is 10.0. The summed E-state index contributed by atoms with van der Waals surface area (Å²) in [5.74, 6) is -1.42. The number of pyridine rings is 1. The van der Waals surface area contributed by atoms with Crippen LogP contribution in [0.4, 0.5) is 22.9 Å². The van der Waals surface area contributed by atoms with Gasteiger partial charge in [0.1, 0.15) is 6.04 Å². The van der Waals surface area contributed by atoms with Gasteiger partial charge in [0.05, 0.1) is 49.7 Å². The number of nitrogens with two attached hydrogens (primary N) is 1. The van der Waals surface area contributed by atoms with E-state index >= 15 is 0 Å². The van der Waals surface area contributed by atoms with Gasteiger partial charge < -0.3 is 35.6 Å². The fourth-order valence-electron chi connectivity index (χ4n) is 7.24. The maximum Gasteiger partial charge on any atom is 0.264 e. The number of carbonyl (C=O) groups excluding carboxylic acids is 5. The van der Waals surface area contributed by atoms with Gasteiger partial charge in [-0.1, -0.05) is 24.3 Å². The van der Waals surface area contributed by atoms with E-state index in [0.717, 1.165) is 27.5 Å². The molecule has 0 bridgehead atoms. The summed E-state index contributed by atoms with van der Waals surface area (Å²) in [5.41, 5.74) is 10.8. The highest BCUT2D eigenvalue weighted by Crippen LogP contribution is 2.32. The first-order chi connectivity index (χ1) is 29.2. The van der Waals surface area contributed by atoms with Gasteiger partial charge in [-0.25, -0.2) is 4.98 Å². The number of piperidine rings is 1. The summed E-state index contributed by atoms with van der Waals surface area (Å²) in [6.07, 6.45) is 2.47. The first kappa shape index (κ1) is 41.8. The van der Waals surface area contributed by atoms with E-state index in [9.17, 15) is 24.0 Å². The van der Waals surface area contributed by atoms with Crippen LogP contribution < -0.4 is 26.6 Å². The molecule has 0 aliphatic carbocycles. The predicted octanol–water partition coefficient (Wildman–Crippen LogP) is 4.11. The third kappa shape index (κ3) is 10.1. The first-order valence-corrected chi connectivity index (χ1v) is 21.0. The van der Waals surface area contributed by atoms with E-state index in [0.29, 0.717) is 64.0 Å². The van der Waals surface area contributed by atoms with Crippen molar-refractivity contribution >= 4 is 70.1 Å². The molecule has 0 spiro atoms. The van der Waals surface area contributed by atoms with Gasteiger partial charge in [0.2, 0.25) is 17.7 Å². The zero-order valence-corrected chi connectivity index (χ0v) is 34.0. The number of fused-ring (bicyclic) bond motifs is 1. The Kier molecular flexibility index (Phi) is 13.7. The number of amides is 5. The van der Waals surface area contributed by atoms with Crippen LogP contribution in [0.5, 0.6) is 0 Å². The third-order valence-electron chi connectivity index (χ3n) is 10.4. The monoisotopic (exact) mass is 833 g/mol. The number of hydrogen-bond acceptors (Lipinski definition) is 12. The number of ether oxygens (including phenoxy) is 2. The number of aliphatic imine (C=N–C) groups is 1. The summed E-state index contributed by atoms with van der Waals surface area (Å²) >= 11 is 1.69. The van der Waals surface area contributed by atoms with Gasteiger partial charge in [0, 0.05) is 66.7 Å². The number of aromatic nitrogens is 1. The number of carbonyl (C=O) groups is 5. The summed E-state index contributed by atoms with van der Waals surface area (Å²) in [5, 5.41) is 8.48. The van der Waals surface area contributed by atoms with E-state index in [1.807, 2.05) is 65.8 Å². The van der Waals surface area contributed by atoms with Gasteiger partial charge in [0.25, 0.3) is 11.8 Å². The Morgan fingerprint density at radius 1 is 0.883 bits per heavy atom. The van der Waals surface area contributed by atoms with Crippen molar-refractivity contribution in [1.29, 1.82) is 0 Å². The number of guanidine groups is 1. The SMILES string of the molecule is CSc1ccc(-c2cccc(N=C(N)Nc3ccc(N4CCN(C(=O)CCOCCOCCNc5cccc6c5C(=O)N(C5CCC(=O)NC5=O)C6=O)CC4)cc3)n2)cc1. The quantitative estimate of drug-likeness (QED) is 0.0414. The molecule has 1 unspecified atom stereocenters. The molecule has 7 rings (SSSR count). The standard InChI is InChI=1S/C43H47N9O7S/c1-60-31-14-8-28(9-15-31)33-5-3-7-36(47-33)48-43(44)46-29-10-12-30(13-11-29)50-20-22-51(23-21-50)38(54)18-24-58-26-27-59-25-19-45-34-6-2-4-32-39(34)42(57)52(41(32)56)35-16-17-37(53)49-40(35)55/h2-15,35,45H,16-27H2,1H3,(H,49,53,55)(H3,44,46,47,48). The van der Waals surface area contributed by atoms with Crippen LogP contribution >= 0.6 is 11.8 Å². The number of anilines is 3. The smallest absolute Gasteiger partial charge is 0.264 e. The third-order valence-corrected chi connectivity index (χ3v) is 11.1. The number of hydrogen-bond donors (Lipinski definition) is 4. The molecule has 1 atom stereocenters. The van der Waals surface area contributed by atoms with Crippen molar-refractivity contribution in [3.05, 3.63) is 96.1 Å². The van der Waals surface area contributed by atoms with Gasteiger partial charge in [-0.2, -0.15) is 4.99 Å². The topological polar surface area (TPSA) is 201 Å². The molecule has 60 heavy (non-hydrogen) atoms. The number of thioether (sulfide) groups is 1. The molecule has 3 aliphatic rings. The van der Waals surface area contributed by atoms with Gasteiger partial charge >= 0.3 is 0 Å². The van der Waals surface area contributed by atoms with Crippen molar-refractivity contribution in [3.63, 3.8) is 0 Å². The zero-order chi connectivity index (χ0) is 42.0. The molecule has 312 valence electrons. The van der Waals surface area contributed by atoms with E-state index in [4.69, 9.17) is 15.2 Å². The molecule has 5 amide bonds. The molecule has 2 saturated heterocycles. The molecule has 1 aromatic heterocycles. The Bertz CT molecular complexity index is 2250. The highest BCUT2D eigenvalue weighted by atomic mass is 32.2. The summed E-state index contributed by atoms with van der Waals surface area (Å²) < 4.78 is 11.3. The van der Waals surface area contributed by atoms with Crippen LogP contribution in [0.25, 0.3) is 11.3 Å². The number of piperazine rings is 1. The van der Waals surface area contributed by atoms with Crippen LogP contribution in [0.2, 0.25) is 0 Å². The summed E-state index contributed by atoms with van der Waals surface area (Å²) in [7, 11) is 0. The predicted molar refractivity (Wildman–Crippen MR) is 229 cm³/mol. The lowest BCUT2D eigenvalue weighted by Gasteiger charge is -2.36. The van der Waals surface area contributed by atoms with E-state index in [-0.39, 0.29) is 48.9 Å². The van der Waals surface area contributed by atoms with Crippen molar-refractivity contribution in [2.75, 3.05) is 80.9 Å². The first-order valence-electron chi connectivity index (χ1n) is 19.8. The second kappa shape index (κ2) is 19.6. The highest BCUT2D eigenvalue weighted by molar-refractivity contribution is 7.98. The van der Waals surface area contributed by atoms with Gasteiger partial charge in [0.15, 0.2) is 11.8 Å². The molecule has 0 radical (unpaired) electrons. The van der Waals surface area contributed by atoms with Crippen LogP contribution in [0.15, 0.2) is 94.8 Å². The maximum atomic E-state index is 13.2. The van der Waals surface area contributed by atoms with Gasteiger partial charge in [-0.05, 0) is 73.3 Å². The number of nitrogens with zero attached hydrogens (tertiary/aromatic N) is 5. The van der Waals surface area contributed by atoms with Crippen molar-refractivity contribution in [3.8, 4) is 11.3 Å². The van der Waals surface area contributed by atoms with E-state index in [1.165, 1.54) is 4.90 Å². The lowest BCUT2D eigenvalue weighted by molar-refractivity contribution is -0.136. The second-order valence-corrected chi connectivity index (χ2v) is 15.1. The Hall–Kier alpha value is -6.30. The maximum absolute atomic E-state index is 13.2. The molecule has 4 heterocycles. The Morgan fingerprint density at radius 3 is 2.35 bits per heavy atom. The number of imide groups is 2. The molecule has 3 aromatic carbocycles. The number of benzene rings is 3. The molecule has 5 N–H and O–H groups in total. The number of rotatable bonds is 16. The Balaban J connectivity index is 0.764. The molecule has 0 saturated carbocycles. The molecule has 17 heteroatoms. The van der Waals surface area contributed by atoms with Crippen molar-refractivity contribution < 1.29 is 33.4 Å². The Morgan fingerprint density at radius 2 is 1.62 bits per heavy atom. The average Bonchev–Trinajstić information content (AvgIpc) is 3.52. The molecular weight excluding hydrogens is 787 g/mol. The highest BCUT2D eigenvalue weighted by Gasteiger charge is 2.45. The van der Waals surface area contributed by atoms with Crippen LogP contribution in [0.3, 0.4) is 0 Å². The summed E-state index contributed by atoms with van der Waals surface area (Å²) in [6.45, 7) is 4.22. The fraction of sp³-hybridized carbons (Fsp3) is 0.326. The summed E-state index contributed by atoms with van der Waals surface area (Å²) in [4.78, 5) is 78.4. The fourth-order valence-corrected chi connectivity index (χ4v) is 7.64. The lowest BCUT2D eigenvalue weighted by Crippen LogP contribution is -2.54.